The highest BCUT2D eigenvalue weighted by Gasteiger charge is 2.13. The van der Waals surface area contributed by atoms with Crippen molar-refractivity contribution in [1.82, 2.24) is 4.90 Å². The minimum absolute atomic E-state index is 0.0139. The highest BCUT2D eigenvalue weighted by Crippen LogP contribution is 2.20. The van der Waals surface area contributed by atoms with E-state index in [4.69, 9.17) is 0 Å². The highest BCUT2D eigenvalue weighted by molar-refractivity contribution is 7.99. The number of Topliss-reactive ketones (excluding diaryl/α,β-unsaturated/α-hetero) is 1. The second kappa shape index (κ2) is 11.3. The van der Waals surface area contributed by atoms with Crippen LogP contribution in [0.25, 0.3) is 0 Å². The van der Waals surface area contributed by atoms with Crippen LogP contribution >= 0.6 is 11.8 Å². The highest BCUT2D eigenvalue weighted by atomic mass is 32.2. The third kappa shape index (κ3) is 6.71. The summed E-state index contributed by atoms with van der Waals surface area (Å²) < 4.78 is 0. The van der Waals surface area contributed by atoms with Crippen LogP contribution in [0.1, 0.15) is 53.2 Å². The number of benzene rings is 2. The second-order valence-electron chi connectivity index (χ2n) is 7.96. The minimum atomic E-state index is -0.116. The molecule has 1 aliphatic rings. The van der Waals surface area contributed by atoms with Gasteiger partial charge in [-0.25, -0.2) is 0 Å². The fourth-order valence-electron chi connectivity index (χ4n) is 3.71. The van der Waals surface area contributed by atoms with Crippen molar-refractivity contribution in [2.24, 2.45) is 0 Å². The summed E-state index contributed by atoms with van der Waals surface area (Å²) in [7, 11) is 0. The fourth-order valence-corrected chi connectivity index (χ4v) is 4.69. The van der Waals surface area contributed by atoms with E-state index >= 15 is 0 Å². The van der Waals surface area contributed by atoms with E-state index in [0.29, 0.717) is 5.56 Å². The molecule has 1 saturated heterocycles. The van der Waals surface area contributed by atoms with Gasteiger partial charge in [-0.05, 0) is 36.1 Å². The number of nitrogens with one attached hydrogen (secondary N) is 1. The largest absolute Gasteiger partial charge is 0.326 e. The zero-order valence-electron chi connectivity index (χ0n) is 18.1. The normalized spacial score (nSPS) is 14.5. The van der Waals surface area contributed by atoms with Crippen LogP contribution in [-0.4, -0.2) is 41.2 Å². The molecule has 0 atom stereocenters. The van der Waals surface area contributed by atoms with Crippen molar-refractivity contribution >= 4 is 29.1 Å². The lowest BCUT2D eigenvalue weighted by Crippen LogP contribution is -2.31. The summed E-state index contributed by atoms with van der Waals surface area (Å²) in [5, 5.41) is 2.97. The molecule has 160 valence electrons. The summed E-state index contributed by atoms with van der Waals surface area (Å²) in [5.74, 6) is 2.30. The van der Waals surface area contributed by atoms with E-state index < -0.39 is 0 Å². The summed E-state index contributed by atoms with van der Waals surface area (Å²) >= 11 is 2.02. The molecule has 1 fully saturated rings. The molecular weight excluding hydrogens is 392 g/mol. The smallest absolute Gasteiger partial charge is 0.224 e. The first kappa shape index (κ1) is 22.6. The van der Waals surface area contributed by atoms with Crippen LogP contribution in [-0.2, 0) is 17.8 Å². The molecule has 0 spiro atoms. The number of hydrogen-bond acceptors (Lipinski definition) is 4. The zero-order valence-corrected chi connectivity index (χ0v) is 18.9. The topological polar surface area (TPSA) is 49.4 Å². The Kier molecular flexibility index (Phi) is 8.52. The van der Waals surface area contributed by atoms with Crippen LogP contribution < -0.4 is 5.32 Å². The number of nitrogens with zero attached hydrogens (tertiary/aromatic N) is 1. The average molecular weight is 425 g/mol. The first-order chi connectivity index (χ1) is 14.5. The Morgan fingerprint density at radius 3 is 2.37 bits per heavy atom. The van der Waals surface area contributed by atoms with Crippen LogP contribution in [0.5, 0.6) is 0 Å². The predicted molar refractivity (Wildman–Crippen MR) is 126 cm³/mol. The molecule has 0 unspecified atom stereocenters. The number of thioether (sulfide) groups is 1. The van der Waals surface area contributed by atoms with Gasteiger partial charge in [-0.15, -0.1) is 0 Å². The van der Waals surface area contributed by atoms with Crippen molar-refractivity contribution in [1.29, 1.82) is 0 Å². The Bertz CT molecular complexity index is 858. The van der Waals surface area contributed by atoms with Crippen LogP contribution in [0.15, 0.2) is 42.5 Å². The second-order valence-corrected chi connectivity index (χ2v) is 9.18. The first-order valence-corrected chi connectivity index (χ1v) is 12.0. The van der Waals surface area contributed by atoms with Gasteiger partial charge in [-0.3, -0.25) is 14.5 Å². The van der Waals surface area contributed by atoms with Gasteiger partial charge in [0.25, 0.3) is 0 Å². The number of amides is 1. The maximum Gasteiger partial charge on any atom is 0.224 e. The summed E-state index contributed by atoms with van der Waals surface area (Å²) in [6, 6.07) is 14.0. The number of hydrogen-bond donors (Lipinski definition) is 1. The van der Waals surface area contributed by atoms with Gasteiger partial charge in [0.05, 0.1) is 0 Å². The van der Waals surface area contributed by atoms with Gasteiger partial charge in [0.15, 0.2) is 5.78 Å². The van der Waals surface area contributed by atoms with E-state index in [1.165, 1.54) is 22.6 Å². The molecule has 0 aliphatic carbocycles. The molecule has 0 radical (unpaired) electrons. The maximum absolute atomic E-state index is 12.4. The molecule has 1 N–H and O–H groups in total. The molecule has 4 nitrogen and oxygen atoms in total. The van der Waals surface area contributed by atoms with E-state index in [-0.39, 0.29) is 24.5 Å². The number of carbonyl (C=O) groups excluding carboxylic acids is 2. The van der Waals surface area contributed by atoms with Gasteiger partial charge >= 0.3 is 0 Å². The van der Waals surface area contributed by atoms with Gasteiger partial charge in [0.2, 0.25) is 5.91 Å². The lowest BCUT2D eigenvalue weighted by molar-refractivity contribution is -0.116. The Hall–Kier alpha value is -2.11. The quantitative estimate of drug-likeness (QED) is 0.569. The molecule has 0 saturated carbocycles. The lowest BCUT2D eigenvalue weighted by Gasteiger charge is -2.26. The standard InChI is InChI=1S/C25H32N2O2S/c1-3-4-20-5-8-22(9-6-20)24(28)11-12-25(29)26-23-10-7-21(17-19(23)2)18-27-13-15-30-16-14-27/h5-10,17H,3-4,11-16,18H2,1-2H3,(H,26,29). The van der Waals surface area contributed by atoms with Crippen LogP contribution in [0.3, 0.4) is 0 Å². The van der Waals surface area contributed by atoms with Gasteiger partial charge in [-0.1, -0.05) is 49.7 Å². The summed E-state index contributed by atoms with van der Waals surface area (Å²) in [6.07, 6.45) is 2.53. The average Bonchev–Trinajstić information content (AvgIpc) is 2.75. The monoisotopic (exact) mass is 424 g/mol. The third-order valence-electron chi connectivity index (χ3n) is 5.47. The number of aryl methyl sites for hydroxylation is 2. The van der Waals surface area contributed by atoms with Gasteiger partial charge in [0, 0.05) is 55.2 Å². The molecule has 5 heteroatoms. The van der Waals surface area contributed by atoms with Crippen molar-refractivity contribution in [2.45, 2.75) is 46.1 Å². The molecular formula is C25H32N2O2S. The molecule has 3 rings (SSSR count). The van der Waals surface area contributed by atoms with Gasteiger partial charge < -0.3 is 5.32 Å². The summed E-state index contributed by atoms with van der Waals surface area (Å²) in [5.41, 5.74) is 5.09. The molecule has 2 aromatic rings. The molecule has 0 bridgehead atoms. The van der Waals surface area contributed by atoms with Crippen molar-refractivity contribution in [3.63, 3.8) is 0 Å². The summed E-state index contributed by atoms with van der Waals surface area (Å²) in [4.78, 5) is 27.2. The number of anilines is 1. The van der Waals surface area contributed by atoms with E-state index in [9.17, 15) is 9.59 Å². The van der Waals surface area contributed by atoms with E-state index in [0.717, 1.165) is 43.7 Å². The lowest BCUT2D eigenvalue weighted by atomic mass is 10.0. The molecule has 1 heterocycles. The summed E-state index contributed by atoms with van der Waals surface area (Å²) in [6.45, 7) is 7.39. The van der Waals surface area contributed by atoms with Crippen LogP contribution in [0.4, 0.5) is 5.69 Å². The Morgan fingerprint density at radius 2 is 1.70 bits per heavy atom. The van der Waals surface area contributed by atoms with Crippen molar-refractivity contribution < 1.29 is 9.59 Å². The van der Waals surface area contributed by atoms with E-state index in [1.54, 1.807) is 0 Å². The van der Waals surface area contributed by atoms with Crippen LogP contribution in [0.2, 0.25) is 0 Å². The molecule has 30 heavy (non-hydrogen) atoms. The van der Waals surface area contributed by atoms with Gasteiger partial charge in [-0.2, -0.15) is 11.8 Å². The third-order valence-corrected chi connectivity index (χ3v) is 6.41. The zero-order chi connectivity index (χ0) is 21.3. The Morgan fingerprint density at radius 1 is 1.00 bits per heavy atom. The van der Waals surface area contributed by atoms with Gasteiger partial charge in [0.1, 0.15) is 0 Å². The predicted octanol–water partition coefficient (Wildman–Crippen LogP) is 5.10. The Labute approximate surface area is 184 Å². The van der Waals surface area contributed by atoms with E-state index in [1.807, 2.05) is 49.0 Å². The van der Waals surface area contributed by atoms with Crippen LogP contribution in [0, 0.1) is 6.92 Å². The first-order valence-electron chi connectivity index (χ1n) is 10.9. The van der Waals surface area contributed by atoms with Crippen molar-refractivity contribution in [3.8, 4) is 0 Å². The molecule has 2 aromatic carbocycles. The van der Waals surface area contributed by atoms with Crippen molar-refractivity contribution in [3.05, 3.63) is 64.7 Å². The molecule has 0 aromatic heterocycles. The maximum atomic E-state index is 12.4. The fraction of sp³-hybridized carbons (Fsp3) is 0.440. The van der Waals surface area contributed by atoms with Crippen molar-refractivity contribution in [2.75, 3.05) is 29.9 Å². The molecule has 1 amide bonds. The molecule has 1 aliphatic heterocycles. The van der Waals surface area contributed by atoms with E-state index in [2.05, 4.69) is 29.3 Å². The number of ketones is 1. The Balaban J connectivity index is 1.48. The number of carbonyl (C=O) groups is 2. The SMILES string of the molecule is CCCc1ccc(C(=O)CCC(=O)Nc2ccc(CN3CCSCC3)cc2C)cc1. The number of rotatable bonds is 9. The minimum Gasteiger partial charge on any atom is -0.326 e.